The van der Waals surface area contributed by atoms with E-state index in [1.165, 1.54) is 0 Å². The van der Waals surface area contributed by atoms with Gasteiger partial charge in [0.1, 0.15) is 6.10 Å². The fourth-order valence-electron chi connectivity index (χ4n) is 2.64. The van der Waals surface area contributed by atoms with Gasteiger partial charge < -0.3 is 25.0 Å². The van der Waals surface area contributed by atoms with Crippen molar-refractivity contribution in [3.8, 4) is 11.5 Å². The number of hydrogen-bond donors (Lipinski definition) is 3. The molecule has 2 aromatic rings. The molecule has 3 rings (SSSR count). The van der Waals surface area contributed by atoms with Crippen LogP contribution in [0.1, 0.15) is 18.1 Å². The third kappa shape index (κ3) is 3.34. The molecule has 2 unspecified atom stereocenters. The SMILES string of the molecule is CC1Oc2ccccc2OC1C(=O)Nc1cc(CO)cc(CO)c1. The minimum atomic E-state index is -0.796. The monoisotopic (exact) mass is 329 g/mol. The molecule has 6 nitrogen and oxygen atoms in total. The number of carbonyl (C=O) groups is 1. The molecule has 126 valence electrons. The molecule has 6 heteroatoms. The number of amides is 1. The van der Waals surface area contributed by atoms with E-state index in [9.17, 15) is 15.0 Å². The van der Waals surface area contributed by atoms with Crippen LogP contribution in [0.5, 0.6) is 11.5 Å². The predicted molar refractivity (Wildman–Crippen MR) is 87.9 cm³/mol. The van der Waals surface area contributed by atoms with Gasteiger partial charge in [0, 0.05) is 5.69 Å². The van der Waals surface area contributed by atoms with Gasteiger partial charge in [-0.3, -0.25) is 4.79 Å². The highest BCUT2D eigenvalue weighted by Crippen LogP contribution is 2.33. The van der Waals surface area contributed by atoms with Crippen molar-refractivity contribution in [1.82, 2.24) is 0 Å². The van der Waals surface area contributed by atoms with Crippen LogP contribution in [0.15, 0.2) is 42.5 Å². The first-order valence-electron chi connectivity index (χ1n) is 7.68. The van der Waals surface area contributed by atoms with E-state index in [1.54, 1.807) is 37.3 Å². The maximum atomic E-state index is 12.5. The Morgan fingerprint density at radius 2 is 1.62 bits per heavy atom. The summed E-state index contributed by atoms with van der Waals surface area (Å²) in [7, 11) is 0. The lowest BCUT2D eigenvalue weighted by Crippen LogP contribution is -2.46. The molecule has 2 aromatic carbocycles. The molecule has 2 atom stereocenters. The van der Waals surface area contributed by atoms with Gasteiger partial charge in [-0.15, -0.1) is 0 Å². The van der Waals surface area contributed by atoms with Gasteiger partial charge in [-0.1, -0.05) is 18.2 Å². The quantitative estimate of drug-likeness (QED) is 0.796. The van der Waals surface area contributed by atoms with Crippen molar-refractivity contribution < 1.29 is 24.5 Å². The molecule has 0 saturated heterocycles. The number of carbonyl (C=O) groups excluding carboxylic acids is 1. The molecular weight excluding hydrogens is 310 g/mol. The van der Waals surface area contributed by atoms with Gasteiger partial charge in [0.25, 0.3) is 5.91 Å². The number of benzene rings is 2. The number of hydrogen-bond acceptors (Lipinski definition) is 5. The lowest BCUT2D eigenvalue weighted by molar-refractivity contribution is -0.128. The van der Waals surface area contributed by atoms with Crippen LogP contribution in [0, 0.1) is 0 Å². The van der Waals surface area contributed by atoms with Gasteiger partial charge in [0.15, 0.2) is 11.5 Å². The molecule has 0 fully saturated rings. The average Bonchev–Trinajstić information content (AvgIpc) is 2.60. The lowest BCUT2D eigenvalue weighted by Gasteiger charge is -2.31. The zero-order valence-electron chi connectivity index (χ0n) is 13.2. The highest BCUT2D eigenvalue weighted by Gasteiger charge is 2.34. The molecular formula is C18H19NO5. The van der Waals surface area contributed by atoms with E-state index in [2.05, 4.69) is 5.32 Å². The second-order valence-corrected chi connectivity index (χ2v) is 5.65. The predicted octanol–water partition coefficient (Wildman–Crippen LogP) is 1.84. The summed E-state index contributed by atoms with van der Waals surface area (Å²) in [6.45, 7) is 1.41. The Hall–Kier alpha value is -2.57. The number of aliphatic hydroxyl groups excluding tert-OH is 2. The van der Waals surface area contributed by atoms with Crippen LogP contribution in [0.25, 0.3) is 0 Å². The lowest BCUT2D eigenvalue weighted by atomic mass is 10.1. The Kier molecular flexibility index (Phi) is 4.69. The van der Waals surface area contributed by atoms with Crippen LogP contribution < -0.4 is 14.8 Å². The van der Waals surface area contributed by atoms with E-state index in [4.69, 9.17) is 9.47 Å². The normalized spacial score (nSPS) is 19.0. The summed E-state index contributed by atoms with van der Waals surface area (Å²) < 4.78 is 11.5. The van der Waals surface area contributed by atoms with E-state index in [0.717, 1.165) is 0 Å². The third-order valence-corrected chi connectivity index (χ3v) is 3.79. The largest absolute Gasteiger partial charge is 0.482 e. The summed E-state index contributed by atoms with van der Waals surface area (Å²) in [5.41, 5.74) is 1.71. The van der Waals surface area contributed by atoms with E-state index < -0.39 is 12.2 Å². The summed E-state index contributed by atoms with van der Waals surface area (Å²) in [6, 6.07) is 12.2. The van der Waals surface area contributed by atoms with E-state index in [1.807, 2.05) is 12.1 Å². The van der Waals surface area contributed by atoms with E-state index >= 15 is 0 Å². The second-order valence-electron chi connectivity index (χ2n) is 5.65. The maximum absolute atomic E-state index is 12.5. The number of ether oxygens (including phenoxy) is 2. The highest BCUT2D eigenvalue weighted by atomic mass is 16.6. The summed E-state index contributed by atoms with van der Waals surface area (Å²) >= 11 is 0. The smallest absolute Gasteiger partial charge is 0.269 e. The van der Waals surface area contributed by atoms with Crippen molar-refractivity contribution in [2.24, 2.45) is 0 Å². The molecule has 0 spiro atoms. The Bertz CT molecular complexity index is 724. The topological polar surface area (TPSA) is 88.0 Å². The van der Waals surface area contributed by atoms with Crippen LogP contribution in [-0.4, -0.2) is 28.3 Å². The molecule has 0 bridgehead atoms. The van der Waals surface area contributed by atoms with Crippen LogP contribution in [0.2, 0.25) is 0 Å². The Labute approximate surface area is 139 Å². The van der Waals surface area contributed by atoms with Crippen LogP contribution in [0.3, 0.4) is 0 Å². The third-order valence-electron chi connectivity index (χ3n) is 3.79. The van der Waals surface area contributed by atoms with Gasteiger partial charge in [-0.2, -0.15) is 0 Å². The van der Waals surface area contributed by atoms with Crippen LogP contribution in [-0.2, 0) is 18.0 Å². The first kappa shape index (κ1) is 16.3. The summed E-state index contributed by atoms with van der Waals surface area (Å²) in [6.07, 6.45) is -1.24. The molecule has 0 aromatic heterocycles. The van der Waals surface area contributed by atoms with Crippen molar-refractivity contribution >= 4 is 11.6 Å². The molecule has 0 saturated carbocycles. The summed E-state index contributed by atoms with van der Waals surface area (Å²) in [4.78, 5) is 12.5. The van der Waals surface area contributed by atoms with Crippen molar-refractivity contribution in [2.45, 2.75) is 32.3 Å². The number of nitrogens with one attached hydrogen (secondary N) is 1. The number of aliphatic hydroxyl groups is 2. The second kappa shape index (κ2) is 6.90. The first-order chi connectivity index (χ1) is 11.6. The van der Waals surface area contributed by atoms with Gasteiger partial charge in [-0.05, 0) is 42.3 Å². The first-order valence-corrected chi connectivity index (χ1v) is 7.68. The van der Waals surface area contributed by atoms with Crippen molar-refractivity contribution in [3.63, 3.8) is 0 Å². The molecule has 0 radical (unpaired) electrons. The maximum Gasteiger partial charge on any atom is 0.269 e. The van der Waals surface area contributed by atoms with Gasteiger partial charge in [-0.25, -0.2) is 0 Å². The highest BCUT2D eigenvalue weighted by molar-refractivity contribution is 5.95. The van der Waals surface area contributed by atoms with Crippen molar-refractivity contribution in [2.75, 3.05) is 5.32 Å². The molecule has 1 amide bonds. The standard InChI is InChI=1S/C18H19NO5/c1-11-17(24-16-5-3-2-4-15(16)23-11)18(22)19-14-7-12(9-20)6-13(8-14)10-21/h2-8,11,17,20-21H,9-10H2,1H3,(H,19,22). The number of fused-ring (bicyclic) bond motifs is 1. The van der Waals surface area contributed by atoms with Gasteiger partial charge in [0.2, 0.25) is 6.10 Å². The Balaban J connectivity index is 1.78. The van der Waals surface area contributed by atoms with Gasteiger partial charge in [0.05, 0.1) is 13.2 Å². The average molecular weight is 329 g/mol. The summed E-state index contributed by atoms with van der Waals surface area (Å²) in [5, 5.41) is 21.3. The fraction of sp³-hybridized carbons (Fsp3) is 0.278. The molecule has 3 N–H and O–H groups in total. The van der Waals surface area contributed by atoms with E-state index in [0.29, 0.717) is 28.3 Å². The molecule has 24 heavy (non-hydrogen) atoms. The Morgan fingerprint density at radius 3 is 2.21 bits per heavy atom. The Morgan fingerprint density at radius 1 is 1.04 bits per heavy atom. The molecule has 1 aliphatic heterocycles. The molecule has 0 aliphatic carbocycles. The fourth-order valence-corrected chi connectivity index (χ4v) is 2.64. The zero-order valence-corrected chi connectivity index (χ0v) is 13.2. The number of anilines is 1. The number of rotatable bonds is 4. The summed E-state index contributed by atoms with van der Waals surface area (Å²) in [5.74, 6) is 0.783. The van der Waals surface area contributed by atoms with Gasteiger partial charge >= 0.3 is 0 Å². The van der Waals surface area contributed by atoms with Crippen LogP contribution >= 0.6 is 0 Å². The molecule has 1 aliphatic rings. The zero-order chi connectivity index (χ0) is 17.1. The van der Waals surface area contributed by atoms with Crippen molar-refractivity contribution in [3.05, 3.63) is 53.6 Å². The van der Waals surface area contributed by atoms with E-state index in [-0.39, 0.29) is 19.1 Å². The van der Waals surface area contributed by atoms with Crippen molar-refractivity contribution in [1.29, 1.82) is 0 Å². The molecule has 1 heterocycles. The minimum absolute atomic E-state index is 0.177. The number of para-hydroxylation sites is 2. The van der Waals surface area contributed by atoms with Crippen LogP contribution in [0.4, 0.5) is 5.69 Å². The minimum Gasteiger partial charge on any atom is -0.482 e.